The van der Waals surface area contributed by atoms with Crippen LogP contribution in [0, 0.1) is 30.5 Å². The van der Waals surface area contributed by atoms with Gasteiger partial charge in [-0.25, -0.2) is 14.4 Å². The maximum atomic E-state index is 14.1. The normalized spacial score (nSPS) is 25.9. The van der Waals surface area contributed by atoms with E-state index < -0.39 is 0 Å². The Morgan fingerprint density at radius 2 is 1.82 bits per heavy atom. The van der Waals surface area contributed by atoms with Crippen LogP contribution in [-0.4, -0.2) is 50.6 Å². The van der Waals surface area contributed by atoms with Gasteiger partial charge in [0.15, 0.2) is 5.65 Å². The predicted octanol–water partition coefficient (Wildman–Crippen LogP) is 7.10. The maximum absolute atomic E-state index is 14.1. The highest BCUT2D eigenvalue weighted by Crippen LogP contribution is 2.47. The van der Waals surface area contributed by atoms with Crippen molar-refractivity contribution in [2.24, 2.45) is 17.8 Å². The van der Waals surface area contributed by atoms with Crippen molar-refractivity contribution < 1.29 is 7.24 Å². The minimum absolute atomic E-state index is 0. The van der Waals surface area contributed by atoms with Gasteiger partial charge in [0.25, 0.3) is 5.56 Å². The molecule has 220 valence electrons. The largest absolute Gasteiger partial charge is 0.351 e. The van der Waals surface area contributed by atoms with Crippen LogP contribution >= 0.6 is 0 Å². The highest BCUT2D eigenvalue weighted by Gasteiger charge is 2.36. The summed E-state index contributed by atoms with van der Waals surface area (Å²) in [5.41, 5.74) is 1.90. The van der Waals surface area contributed by atoms with Gasteiger partial charge in [-0.05, 0) is 109 Å². The lowest BCUT2D eigenvalue weighted by Gasteiger charge is -2.32. The first-order chi connectivity index (χ1) is 19.1. The molecule has 3 atom stereocenters. The second-order valence-corrected chi connectivity index (χ2v) is 12.9. The number of hydrogen-bond donors (Lipinski definition) is 1. The molecule has 3 unspecified atom stereocenters. The molecule has 0 radical (unpaired) electrons. The summed E-state index contributed by atoms with van der Waals surface area (Å²) in [7, 11) is 4.25. The van der Waals surface area contributed by atoms with Crippen molar-refractivity contribution in [1.29, 1.82) is 0 Å². The molecule has 1 aromatic carbocycles. The summed E-state index contributed by atoms with van der Waals surface area (Å²) in [5.74, 6) is 3.51. The molecule has 3 aromatic rings. The molecule has 8 heteroatoms. The third-order valence-electron chi connectivity index (χ3n) is 9.45. The zero-order valence-electron chi connectivity index (χ0n) is 25.0. The van der Waals surface area contributed by atoms with E-state index in [2.05, 4.69) is 46.2 Å². The molecule has 0 saturated heterocycles. The Balaban J connectivity index is 0.000000414. The average Bonchev–Trinajstić information content (AvgIpc) is 3.53. The van der Waals surface area contributed by atoms with Gasteiger partial charge in [0, 0.05) is 26.5 Å². The number of rotatable bonds is 5. The van der Waals surface area contributed by atoms with Crippen LogP contribution in [-0.2, 0) is 0 Å². The van der Waals surface area contributed by atoms with Crippen LogP contribution < -0.4 is 10.9 Å². The molecule has 40 heavy (non-hydrogen) atoms. The minimum atomic E-state index is -0.361. The van der Waals surface area contributed by atoms with Crippen molar-refractivity contribution in [2.75, 3.05) is 19.4 Å². The van der Waals surface area contributed by atoms with Crippen LogP contribution in [0.2, 0.25) is 0 Å². The Kier molecular flexibility index (Phi) is 8.55. The molecule has 3 fully saturated rings. The summed E-state index contributed by atoms with van der Waals surface area (Å²) >= 11 is 0. The number of aromatic nitrogens is 4. The standard InChI is InChI=1S/C24H31FN6O.C8H14.2H2/c1-14(2)31-22-20(28-21(23(31)32)16-7-6-15(3)19(25)12-16)13-26-24(29-22)27-17-8-10-18(11-9-17)30(4)5;1-6-4-7-2-3-8(6)5-7;;/h6-7,12-14,17-18H,8-11H2,1-5H3,(H,26,27,29);6-8H,2-5H2,1H3;2*1H. The lowest BCUT2D eigenvalue weighted by Crippen LogP contribution is -2.36. The van der Waals surface area contributed by atoms with E-state index in [-0.39, 0.29) is 26.0 Å². The summed E-state index contributed by atoms with van der Waals surface area (Å²) in [6, 6.07) is 5.53. The number of anilines is 1. The van der Waals surface area contributed by atoms with Gasteiger partial charge in [-0.3, -0.25) is 9.36 Å². The van der Waals surface area contributed by atoms with Gasteiger partial charge in [0.2, 0.25) is 5.95 Å². The zero-order valence-corrected chi connectivity index (χ0v) is 25.0. The molecule has 3 aliphatic carbocycles. The fourth-order valence-electron chi connectivity index (χ4n) is 6.96. The molecule has 2 aromatic heterocycles. The SMILES string of the molecule is CC1CC2CCC1C2.Cc1ccc(-c2nc3cnc(NC4CCC(N(C)C)CC4)nc3n(C(C)C)c2=O)cc1F.[HH].[HH]. The second-order valence-electron chi connectivity index (χ2n) is 12.9. The van der Waals surface area contributed by atoms with Crippen molar-refractivity contribution in [3.63, 3.8) is 0 Å². The van der Waals surface area contributed by atoms with E-state index >= 15 is 0 Å². The van der Waals surface area contributed by atoms with Crippen molar-refractivity contribution in [3.8, 4) is 11.3 Å². The lowest BCUT2D eigenvalue weighted by molar-refractivity contribution is 0.221. The highest BCUT2D eigenvalue weighted by molar-refractivity contribution is 5.75. The van der Waals surface area contributed by atoms with Crippen LogP contribution in [0.4, 0.5) is 10.3 Å². The first kappa shape index (κ1) is 28.7. The quantitative estimate of drug-likeness (QED) is 0.364. The van der Waals surface area contributed by atoms with E-state index in [0.717, 1.165) is 43.4 Å². The Bertz CT molecular complexity index is 1400. The molecule has 2 bridgehead atoms. The third kappa shape index (κ3) is 6.07. The van der Waals surface area contributed by atoms with E-state index in [1.54, 1.807) is 55.5 Å². The molecule has 0 spiro atoms. The molecule has 0 amide bonds. The van der Waals surface area contributed by atoms with Gasteiger partial charge in [-0.2, -0.15) is 4.98 Å². The molecular weight excluding hydrogens is 503 g/mol. The van der Waals surface area contributed by atoms with Gasteiger partial charge in [-0.15, -0.1) is 0 Å². The fourth-order valence-corrected chi connectivity index (χ4v) is 6.96. The Labute approximate surface area is 240 Å². The van der Waals surface area contributed by atoms with E-state index in [1.807, 2.05) is 13.8 Å². The fraction of sp³-hybridized carbons (Fsp3) is 0.625. The van der Waals surface area contributed by atoms with Crippen molar-refractivity contribution in [3.05, 3.63) is 46.1 Å². The Hall–Kier alpha value is -2.87. The second kappa shape index (κ2) is 11.9. The van der Waals surface area contributed by atoms with Gasteiger partial charge in [0.1, 0.15) is 17.0 Å². The minimum Gasteiger partial charge on any atom is -0.351 e. The number of aryl methyl sites for hydroxylation is 1. The monoisotopic (exact) mass is 552 g/mol. The summed E-state index contributed by atoms with van der Waals surface area (Å²) < 4.78 is 15.8. The summed E-state index contributed by atoms with van der Waals surface area (Å²) in [5, 5.41) is 3.44. The molecule has 1 N–H and O–H groups in total. The number of nitrogens with zero attached hydrogens (tertiary/aromatic N) is 5. The average molecular weight is 553 g/mol. The lowest BCUT2D eigenvalue weighted by atomic mass is 9.91. The Morgan fingerprint density at radius 3 is 2.38 bits per heavy atom. The van der Waals surface area contributed by atoms with E-state index in [1.165, 1.54) is 6.07 Å². The Morgan fingerprint density at radius 1 is 1.07 bits per heavy atom. The van der Waals surface area contributed by atoms with E-state index in [4.69, 9.17) is 0 Å². The molecule has 3 aliphatic rings. The number of benzene rings is 1. The smallest absolute Gasteiger partial charge is 0.278 e. The molecular formula is C32H49FN6O. The third-order valence-corrected chi connectivity index (χ3v) is 9.45. The van der Waals surface area contributed by atoms with Gasteiger partial charge >= 0.3 is 0 Å². The molecule has 0 aliphatic heterocycles. The summed E-state index contributed by atoms with van der Waals surface area (Å²) in [6.07, 6.45) is 12.2. The predicted molar refractivity (Wildman–Crippen MR) is 164 cm³/mol. The summed E-state index contributed by atoms with van der Waals surface area (Å²) in [4.78, 5) is 29.3. The van der Waals surface area contributed by atoms with Gasteiger partial charge in [-0.1, -0.05) is 25.5 Å². The van der Waals surface area contributed by atoms with Gasteiger partial charge in [0.05, 0.1) is 6.20 Å². The van der Waals surface area contributed by atoms with E-state index in [9.17, 15) is 9.18 Å². The number of nitrogens with one attached hydrogen (secondary N) is 1. The van der Waals surface area contributed by atoms with Crippen LogP contribution in [0.5, 0.6) is 0 Å². The highest BCUT2D eigenvalue weighted by atomic mass is 19.1. The molecule has 2 heterocycles. The van der Waals surface area contributed by atoms with Crippen LogP contribution in [0.3, 0.4) is 0 Å². The van der Waals surface area contributed by atoms with Crippen LogP contribution in [0.25, 0.3) is 22.4 Å². The van der Waals surface area contributed by atoms with E-state index in [0.29, 0.717) is 40.3 Å². The molecule has 7 nitrogen and oxygen atoms in total. The van der Waals surface area contributed by atoms with Crippen molar-refractivity contribution in [1.82, 2.24) is 24.4 Å². The number of hydrogen-bond acceptors (Lipinski definition) is 6. The number of halogens is 1. The van der Waals surface area contributed by atoms with Gasteiger partial charge < -0.3 is 10.2 Å². The van der Waals surface area contributed by atoms with Crippen LogP contribution in [0.15, 0.2) is 29.2 Å². The first-order valence-electron chi connectivity index (χ1n) is 15.1. The molecule has 3 saturated carbocycles. The maximum Gasteiger partial charge on any atom is 0.278 e. The number of fused-ring (bicyclic) bond motifs is 3. The zero-order chi connectivity index (χ0) is 28.6. The van der Waals surface area contributed by atoms with Crippen molar-refractivity contribution in [2.45, 2.75) is 97.2 Å². The molecule has 6 rings (SSSR count). The van der Waals surface area contributed by atoms with Crippen molar-refractivity contribution >= 4 is 17.1 Å². The summed E-state index contributed by atoms with van der Waals surface area (Å²) in [6.45, 7) is 7.97. The van der Waals surface area contributed by atoms with Crippen LogP contribution in [0.1, 0.15) is 86.6 Å². The first-order valence-corrected chi connectivity index (χ1v) is 15.1. The topological polar surface area (TPSA) is 75.9 Å².